The summed E-state index contributed by atoms with van der Waals surface area (Å²) in [4.78, 5) is 6.74. The Bertz CT molecular complexity index is 629. The van der Waals surface area contributed by atoms with Crippen LogP contribution >= 0.6 is 0 Å². The van der Waals surface area contributed by atoms with E-state index in [1.807, 2.05) is 26.1 Å². The topological polar surface area (TPSA) is 78.2 Å². The Morgan fingerprint density at radius 3 is 2.95 bits per heavy atom. The molecule has 0 aromatic carbocycles. The normalized spacial score (nSPS) is 18.8. The molecule has 8 nitrogen and oxygen atoms in total. The molecule has 2 aromatic heterocycles. The van der Waals surface area contributed by atoms with Gasteiger partial charge in [-0.05, 0) is 29.5 Å². The van der Waals surface area contributed by atoms with Crippen LogP contribution in [0.1, 0.15) is 17.6 Å². The fourth-order valence-corrected chi connectivity index (χ4v) is 2.42. The van der Waals surface area contributed by atoms with Crippen molar-refractivity contribution >= 4 is 5.82 Å². The van der Waals surface area contributed by atoms with Crippen LogP contribution in [0.5, 0.6) is 5.75 Å². The summed E-state index contributed by atoms with van der Waals surface area (Å²) in [6.07, 6.45) is -0.175. The third-order valence-corrected chi connectivity index (χ3v) is 3.51. The molecule has 1 saturated heterocycles. The largest absolute Gasteiger partial charge is 0.493 e. The van der Waals surface area contributed by atoms with E-state index in [9.17, 15) is 0 Å². The predicted octanol–water partition coefficient (Wildman–Crippen LogP) is 0.500. The number of nitrogens with zero attached hydrogens (tertiary/aromatic N) is 6. The molecule has 2 aromatic rings. The van der Waals surface area contributed by atoms with Crippen molar-refractivity contribution in [2.45, 2.75) is 13.0 Å². The molecule has 21 heavy (non-hydrogen) atoms. The van der Waals surface area contributed by atoms with Crippen LogP contribution in [0.2, 0.25) is 0 Å². The summed E-state index contributed by atoms with van der Waals surface area (Å²) >= 11 is 0. The number of aryl methyl sites for hydroxylation is 2. The van der Waals surface area contributed by atoms with Crippen molar-refractivity contribution < 1.29 is 9.47 Å². The van der Waals surface area contributed by atoms with E-state index in [0.29, 0.717) is 19.0 Å². The SMILES string of the molecule is COc1ccc(C)nc1N1CCOC(c2nnnn2C)C1. The van der Waals surface area contributed by atoms with Gasteiger partial charge in [0, 0.05) is 19.3 Å². The summed E-state index contributed by atoms with van der Waals surface area (Å²) in [6, 6.07) is 3.87. The number of methoxy groups -OCH3 is 1. The lowest BCUT2D eigenvalue weighted by atomic mass is 10.2. The van der Waals surface area contributed by atoms with Gasteiger partial charge in [0.1, 0.15) is 6.10 Å². The van der Waals surface area contributed by atoms with Gasteiger partial charge in [-0.15, -0.1) is 5.10 Å². The van der Waals surface area contributed by atoms with Crippen LogP contribution in [0.3, 0.4) is 0 Å². The molecule has 1 aliphatic heterocycles. The number of tetrazole rings is 1. The lowest BCUT2D eigenvalue weighted by molar-refractivity contribution is 0.0312. The first-order valence-corrected chi connectivity index (χ1v) is 6.79. The van der Waals surface area contributed by atoms with Crippen molar-refractivity contribution in [3.8, 4) is 5.75 Å². The molecule has 3 heterocycles. The summed E-state index contributed by atoms with van der Waals surface area (Å²) in [5, 5.41) is 11.5. The summed E-state index contributed by atoms with van der Waals surface area (Å²) in [6.45, 7) is 3.96. The van der Waals surface area contributed by atoms with Crippen molar-refractivity contribution in [2.75, 3.05) is 31.7 Å². The maximum Gasteiger partial charge on any atom is 0.181 e. The van der Waals surface area contributed by atoms with Gasteiger partial charge in [-0.3, -0.25) is 0 Å². The second kappa shape index (κ2) is 5.65. The van der Waals surface area contributed by atoms with Gasteiger partial charge in [0.25, 0.3) is 0 Å². The molecule has 1 aliphatic rings. The van der Waals surface area contributed by atoms with Crippen molar-refractivity contribution in [1.82, 2.24) is 25.2 Å². The molecule has 112 valence electrons. The molecule has 1 atom stereocenters. The fraction of sp³-hybridized carbons (Fsp3) is 0.538. The third-order valence-electron chi connectivity index (χ3n) is 3.51. The second-order valence-electron chi connectivity index (χ2n) is 4.94. The summed E-state index contributed by atoms with van der Waals surface area (Å²) in [7, 11) is 3.46. The van der Waals surface area contributed by atoms with E-state index in [1.54, 1.807) is 11.8 Å². The fourth-order valence-electron chi connectivity index (χ4n) is 2.42. The minimum absolute atomic E-state index is 0.175. The molecule has 0 radical (unpaired) electrons. The number of morpholine rings is 1. The van der Waals surface area contributed by atoms with E-state index in [4.69, 9.17) is 9.47 Å². The van der Waals surface area contributed by atoms with Gasteiger partial charge >= 0.3 is 0 Å². The van der Waals surface area contributed by atoms with Crippen LogP contribution in [-0.4, -0.2) is 52.0 Å². The van der Waals surface area contributed by atoms with E-state index in [1.165, 1.54) is 0 Å². The van der Waals surface area contributed by atoms with Crippen LogP contribution in [-0.2, 0) is 11.8 Å². The third kappa shape index (κ3) is 2.66. The van der Waals surface area contributed by atoms with Crippen molar-refractivity contribution in [2.24, 2.45) is 7.05 Å². The van der Waals surface area contributed by atoms with Crippen molar-refractivity contribution in [3.63, 3.8) is 0 Å². The lowest BCUT2D eigenvalue weighted by Gasteiger charge is -2.33. The van der Waals surface area contributed by atoms with Gasteiger partial charge in [0.2, 0.25) is 0 Å². The molecule has 3 rings (SSSR count). The van der Waals surface area contributed by atoms with Gasteiger partial charge in [-0.25, -0.2) is 9.67 Å². The summed E-state index contributed by atoms with van der Waals surface area (Å²) in [5.74, 6) is 2.31. The zero-order valence-corrected chi connectivity index (χ0v) is 12.4. The van der Waals surface area contributed by atoms with E-state index in [0.717, 1.165) is 23.8 Å². The number of aromatic nitrogens is 5. The molecule has 0 amide bonds. The molecular weight excluding hydrogens is 272 g/mol. The zero-order chi connectivity index (χ0) is 14.8. The summed E-state index contributed by atoms with van der Waals surface area (Å²) in [5.41, 5.74) is 0.953. The molecule has 1 unspecified atom stereocenters. The van der Waals surface area contributed by atoms with Crippen LogP contribution in [0, 0.1) is 6.92 Å². The monoisotopic (exact) mass is 290 g/mol. The molecule has 0 bridgehead atoms. The molecule has 0 aliphatic carbocycles. The van der Waals surface area contributed by atoms with E-state index in [2.05, 4.69) is 25.4 Å². The number of hydrogen-bond donors (Lipinski definition) is 0. The van der Waals surface area contributed by atoms with Gasteiger partial charge in [0.05, 0.1) is 20.3 Å². The van der Waals surface area contributed by atoms with E-state index in [-0.39, 0.29) is 6.10 Å². The Morgan fingerprint density at radius 1 is 1.38 bits per heavy atom. The average molecular weight is 290 g/mol. The Kier molecular flexibility index (Phi) is 3.70. The van der Waals surface area contributed by atoms with Crippen LogP contribution < -0.4 is 9.64 Å². The molecule has 0 spiro atoms. The maximum absolute atomic E-state index is 5.79. The molecule has 0 saturated carbocycles. The molecule has 0 N–H and O–H groups in total. The Labute approximate surface area is 122 Å². The minimum Gasteiger partial charge on any atom is -0.493 e. The average Bonchev–Trinajstić information content (AvgIpc) is 2.93. The smallest absolute Gasteiger partial charge is 0.181 e. The first kappa shape index (κ1) is 13.7. The quantitative estimate of drug-likeness (QED) is 0.814. The molecule has 1 fully saturated rings. The van der Waals surface area contributed by atoms with Crippen molar-refractivity contribution in [1.29, 1.82) is 0 Å². The predicted molar refractivity (Wildman–Crippen MR) is 75.2 cm³/mol. The van der Waals surface area contributed by atoms with Crippen molar-refractivity contribution in [3.05, 3.63) is 23.7 Å². The number of rotatable bonds is 3. The minimum atomic E-state index is -0.175. The second-order valence-corrected chi connectivity index (χ2v) is 4.94. The van der Waals surface area contributed by atoms with Gasteiger partial charge < -0.3 is 14.4 Å². The number of hydrogen-bond acceptors (Lipinski definition) is 7. The highest BCUT2D eigenvalue weighted by Gasteiger charge is 2.28. The summed E-state index contributed by atoms with van der Waals surface area (Å²) < 4.78 is 12.8. The molecule has 8 heteroatoms. The van der Waals surface area contributed by atoms with E-state index >= 15 is 0 Å². The van der Waals surface area contributed by atoms with Gasteiger partial charge in [0.15, 0.2) is 17.4 Å². The first-order chi connectivity index (χ1) is 10.2. The van der Waals surface area contributed by atoms with E-state index < -0.39 is 0 Å². The highest BCUT2D eigenvalue weighted by Crippen LogP contribution is 2.30. The highest BCUT2D eigenvalue weighted by molar-refractivity contribution is 5.53. The highest BCUT2D eigenvalue weighted by atomic mass is 16.5. The van der Waals surface area contributed by atoms with Gasteiger partial charge in [-0.2, -0.15) is 0 Å². The standard InChI is InChI=1S/C13H18N6O2/c1-9-4-5-10(20-3)12(14-9)19-6-7-21-11(8-19)13-15-16-17-18(13)2/h4-5,11H,6-8H2,1-3H3. The zero-order valence-electron chi connectivity index (χ0n) is 12.4. The molecular formula is C13H18N6O2. The Balaban J connectivity index is 1.86. The van der Waals surface area contributed by atoms with Crippen LogP contribution in [0.15, 0.2) is 12.1 Å². The van der Waals surface area contributed by atoms with Gasteiger partial charge in [-0.1, -0.05) is 0 Å². The maximum atomic E-state index is 5.79. The number of anilines is 1. The van der Waals surface area contributed by atoms with Crippen LogP contribution in [0.4, 0.5) is 5.82 Å². The number of pyridine rings is 1. The van der Waals surface area contributed by atoms with Crippen LogP contribution in [0.25, 0.3) is 0 Å². The Hall–Kier alpha value is -2.22. The lowest BCUT2D eigenvalue weighted by Crippen LogP contribution is -2.40. The Morgan fingerprint density at radius 2 is 2.24 bits per heavy atom. The first-order valence-electron chi connectivity index (χ1n) is 6.79. The number of ether oxygens (including phenoxy) is 2.